The van der Waals surface area contributed by atoms with E-state index in [4.69, 9.17) is 4.74 Å². The van der Waals surface area contributed by atoms with Gasteiger partial charge in [0.15, 0.2) is 0 Å². The molecule has 0 aromatic heterocycles. The molecule has 1 aromatic carbocycles. The smallest absolute Gasteiger partial charge is 0.338 e. The molecule has 1 aliphatic heterocycles. The van der Waals surface area contributed by atoms with Crippen molar-refractivity contribution >= 4 is 17.6 Å². The predicted octanol–water partition coefficient (Wildman–Crippen LogP) is 1.07. The van der Waals surface area contributed by atoms with Gasteiger partial charge < -0.3 is 20.0 Å². The molecule has 0 fully saturated rings. The Morgan fingerprint density at radius 3 is 2.95 bits per heavy atom. The highest BCUT2D eigenvalue weighted by Crippen LogP contribution is 2.44. The molecule has 1 heterocycles. The molecule has 0 saturated carbocycles. The molecule has 1 aromatic rings. The van der Waals surface area contributed by atoms with E-state index in [1.165, 1.54) is 0 Å². The van der Waals surface area contributed by atoms with E-state index in [0.29, 0.717) is 18.6 Å². The number of hydrogen-bond donors (Lipinski definition) is 1. The molecule has 0 radical (unpaired) electrons. The molecule has 1 aliphatic carbocycles. The van der Waals surface area contributed by atoms with E-state index in [-0.39, 0.29) is 17.8 Å². The fraction of sp³-hybridized carbons (Fsp3) is 0.375. The number of anilines is 1. The van der Waals surface area contributed by atoms with Crippen LogP contribution in [0.2, 0.25) is 0 Å². The molecule has 2 aliphatic rings. The van der Waals surface area contributed by atoms with Gasteiger partial charge in [-0.2, -0.15) is 0 Å². The van der Waals surface area contributed by atoms with Crippen molar-refractivity contribution in [2.45, 2.75) is 25.3 Å². The third-order valence-corrected chi connectivity index (χ3v) is 4.13. The average molecular weight is 286 g/mol. The van der Waals surface area contributed by atoms with E-state index < -0.39 is 12.0 Å². The first-order chi connectivity index (χ1) is 10.1. The molecule has 3 atom stereocenters. The minimum atomic E-state index is -1.09. The van der Waals surface area contributed by atoms with E-state index in [0.717, 1.165) is 11.3 Å². The number of hydrogen-bond acceptors (Lipinski definition) is 5. The lowest BCUT2D eigenvalue weighted by Crippen LogP contribution is -2.48. The van der Waals surface area contributed by atoms with Crippen LogP contribution in [-0.4, -0.2) is 24.6 Å². The number of carboxylic acid groups (broad SMARTS) is 1. The molecule has 3 rings (SSSR count). The first kappa shape index (κ1) is 13.7. The van der Waals surface area contributed by atoms with Crippen molar-refractivity contribution in [1.29, 1.82) is 0 Å². The summed E-state index contributed by atoms with van der Waals surface area (Å²) in [6.45, 7) is 2.09. The van der Waals surface area contributed by atoms with Gasteiger partial charge in [-0.05, 0) is 43.0 Å². The van der Waals surface area contributed by atoms with Crippen LogP contribution in [0.5, 0.6) is 0 Å². The number of benzene rings is 1. The summed E-state index contributed by atoms with van der Waals surface area (Å²) in [5, 5.41) is 14.3. The maximum Gasteiger partial charge on any atom is 0.338 e. The van der Waals surface area contributed by atoms with Gasteiger partial charge in [-0.15, -0.1) is 0 Å². The van der Waals surface area contributed by atoms with E-state index >= 15 is 0 Å². The van der Waals surface area contributed by atoms with Gasteiger partial charge in [-0.25, -0.2) is 4.79 Å². The van der Waals surface area contributed by atoms with E-state index in [2.05, 4.69) is 5.32 Å². The Kier molecular flexibility index (Phi) is 3.41. The zero-order valence-corrected chi connectivity index (χ0v) is 11.7. The minimum Gasteiger partial charge on any atom is -0.548 e. The molecule has 5 nitrogen and oxygen atoms in total. The number of fused-ring (bicyclic) bond motifs is 3. The van der Waals surface area contributed by atoms with E-state index in [1.54, 1.807) is 25.1 Å². The summed E-state index contributed by atoms with van der Waals surface area (Å²) in [6.07, 6.45) is 4.69. The molecule has 0 bridgehead atoms. The first-order valence-corrected chi connectivity index (χ1v) is 7.07. The number of carbonyl (C=O) groups excluding carboxylic acids is 2. The summed E-state index contributed by atoms with van der Waals surface area (Å²) < 4.78 is 5.01. The molecule has 0 unspecified atom stereocenters. The Balaban J connectivity index is 1.99. The molecule has 0 spiro atoms. The quantitative estimate of drug-likeness (QED) is 0.664. The second-order valence-corrected chi connectivity index (χ2v) is 5.32. The number of aliphatic carboxylic acids is 1. The number of allylic oxidation sites excluding steroid dienone is 2. The van der Waals surface area contributed by atoms with Crippen molar-refractivity contribution < 1.29 is 19.4 Å². The molecular weight excluding hydrogens is 270 g/mol. The van der Waals surface area contributed by atoms with Crippen LogP contribution in [0.4, 0.5) is 5.69 Å². The topological polar surface area (TPSA) is 78.5 Å². The van der Waals surface area contributed by atoms with E-state index in [9.17, 15) is 14.7 Å². The van der Waals surface area contributed by atoms with Crippen LogP contribution in [0.1, 0.15) is 35.2 Å². The zero-order chi connectivity index (χ0) is 15.0. The summed E-state index contributed by atoms with van der Waals surface area (Å²) in [4.78, 5) is 23.1. The van der Waals surface area contributed by atoms with Gasteiger partial charge >= 0.3 is 5.97 Å². The number of carboxylic acids is 1. The summed E-state index contributed by atoms with van der Waals surface area (Å²) in [5.41, 5.74) is 2.17. The summed E-state index contributed by atoms with van der Waals surface area (Å²) in [5.74, 6) is -1.52. The maximum atomic E-state index is 11.8. The lowest BCUT2D eigenvalue weighted by atomic mass is 9.79. The highest BCUT2D eigenvalue weighted by atomic mass is 16.5. The van der Waals surface area contributed by atoms with Crippen LogP contribution < -0.4 is 10.4 Å². The summed E-state index contributed by atoms with van der Waals surface area (Å²) >= 11 is 0. The molecule has 5 heteroatoms. The largest absolute Gasteiger partial charge is 0.548 e. The van der Waals surface area contributed by atoms with Crippen molar-refractivity contribution in [1.82, 2.24) is 0 Å². The third-order valence-electron chi connectivity index (χ3n) is 4.13. The van der Waals surface area contributed by atoms with Gasteiger partial charge in [0.1, 0.15) is 0 Å². The molecular formula is C16H16NO4-. The lowest BCUT2D eigenvalue weighted by Gasteiger charge is -2.37. The Bertz CT molecular complexity index is 623. The Hall–Kier alpha value is -2.30. The van der Waals surface area contributed by atoms with Crippen LogP contribution in [0, 0.1) is 5.92 Å². The Morgan fingerprint density at radius 2 is 2.24 bits per heavy atom. The summed E-state index contributed by atoms with van der Waals surface area (Å²) in [7, 11) is 0. The fourth-order valence-electron chi connectivity index (χ4n) is 3.17. The molecule has 0 saturated heterocycles. The van der Waals surface area contributed by atoms with Crippen molar-refractivity contribution in [3.63, 3.8) is 0 Å². The Morgan fingerprint density at radius 1 is 1.43 bits per heavy atom. The van der Waals surface area contributed by atoms with Crippen molar-refractivity contribution in [2.75, 3.05) is 11.9 Å². The van der Waals surface area contributed by atoms with Crippen LogP contribution in [0.25, 0.3) is 0 Å². The predicted molar refractivity (Wildman–Crippen MR) is 74.8 cm³/mol. The van der Waals surface area contributed by atoms with Gasteiger partial charge in [0, 0.05) is 11.6 Å². The van der Waals surface area contributed by atoms with Crippen LogP contribution in [-0.2, 0) is 9.53 Å². The molecule has 0 amide bonds. The van der Waals surface area contributed by atoms with Gasteiger partial charge in [-0.1, -0.05) is 12.2 Å². The maximum absolute atomic E-state index is 11.8. The van der Waals surface area contributed by atoms with Crippen molar-refractivity contribution in [3.8, 4) is 0 Å². The molecule has 21 heavy (non-hydrogen) atoms. The number of rotatable bonds is 3. The van der Waals surface area contributed by atoms with Crippen LogP contribution in [0.15, 0.2) is 30.4 Å². The van der Waals surface area contributed by atoms with Crippen LogP contribution >= 0.6 is 0 Å². The Labute approximate surface area is 122 Å². The highest BCUT2D eigenvalue weighted by molar-refractivity contribution is 5.91. The molecule has 1 N–H and O–H groups in total. The van der Waals surface area contributed by atoms with Gasteiger partial charge in [0.2, 0.25) is 0 Å². The van der Waals surface area contributed by atoms with Gasteiger partial charge in [0.05, 0.1) is 24.2 Å². The second-order valence-electron chi connectivity index (χ2n) is 5.32. The standard InChI is InChI=1S/C16H17NO4/c1-2-21-16(20)9-6-7-13-12(8-9)10-4-3-5-11(10)14(17-13)15(18)19/h3-4,6-8,10-11,14,17H,2,5H2,1H3,(H,18,19)/p-1/t10-,11-,14+/m0/s1. The lowest BCUT2D eigenvalue weighted by molar-refractivity contribution is -0.308. The normalized spacial score (nSPS) is 25.7. The SMILES string of the molecule is CCOC(=O)c1ccc2c(c1)[C@H]1C=CC[C@@H]1[C@H](C(=O)[O-])N2. The highest BCUT2D eigenvalue weighted by Gasteiger charge is 2.38. The summed E-state index contributed by atoms with van der Waals surface area (Å²) in [6, 6.07) is 4.47. The van der Waals surface area contributed by atoms with Gasteiger partial charge in [-0.3, -0.25) is 0 Å². The average Bonchev–Trinajstić information content (AvgIpc) is 2.95. The third kappa shape index (κ3) is 2.28. The second kappa shape index (κ2) is 5.24. The van der Waals surface area contributed by atoms with Crippen molar-refractivity contribution in [2.24, 2.45) is 5.92 Å². The van der Waals surface area contributed by atoms with Crippen molar-refractivity contribution in [3.05, 3.63) is 41.5 Å². The van der Waals surface area contributed by atoms with Gasteiger partial charge in [0.25, 0.3) is 0 Å². The monoisotopic (exact) mass is 286 g/mol. The minimum absolute atomic E-state index is 0.00136. The molecule has 110 valence electrons. The zero-order valence-electron chi connectivity index (χ0n) is 11.7. The van der Waals surface area contributed by atoms with E-state index in [1.807, 2.05) is 12.2 Å². The number of carbonyl (C=O) groups is 2. The number of esters is 1. The fourth-order valence-corrected chi connectivity index (χ4v) is 3.17. The number of nitrogens with one attached hydrogen (secondary N) is 1. The van der Waals surface area contributed by atoms with Crippen LogP contribution in [0.3, 0.4) is 0 Å². The first-order valence-electron chi connectivity index (χ1n) is 7.07. The number of ether oxygens (including phenoxy) is 1.